The first-order valence-corrected chi connectivity index (χ1v) is 9.82. The van der Waals surface area contributed by atoms with Crippen LogP contribution in [0.5, 0.6) is 0 Å². The molecule has 4 N–H and O–H groups in total. The smallest absolute Gasteiger partial charge is 0.303 e. The van der Waals surface area contributed by atoms with E-state index in [9.17, 15) is 18.0 Å². The van der Waals surface area contributed by atoms with Gasteiger partial charge in [0.1, 0.15) is 17.9 Å². The standard InChI is InChI=1S/C20H19ClF3N5O2/c1-9-4-10(17(23)24)7-26-16(9)18(30)27-11-2-3-14(21)12(5-11)20(8-22)13-6-15(13)29-31-19(25)28-20/h2-5,7,13,15,17,29H,6,8H2,1H3,(H2,25,28)(H,27,30)/t13-,15+,20+/m0/s1. The molecule has 1 saturated carbocycles. The molecule has 2 heterocycles. The van der Waals surface area contributed by atoms with E-state index in [0.717, 1.165) is 6.20 Å². The number of nitrogens with zero attached hydrogens (tertiary/aromatic N) is 2. The van der Waals surface area contributed by atoms with Crippen LogP contribution in [0.2, 0.25) is 5.02 Å². The summed E-state index contributed by atoms with van der Waals surface area (Å²) in [5.74, 6) is -0.827. The van der Waals surface area contributed by atoms with Gasteiger partial charge in [0.05, 0.1) is 0 Å². The second-order valence-corrected chi connectivity index (χ2v) is 7.97. The van der Waals surface area contributed by atoms with Gasteiger partial charge in [0.2, 0.25) is 0 Å². The average molecular weight is 454 g/mol. The van der Waals surface area contributed by atoms with Crippen molar-refractivity contribution in [3.63, 3.8) is 0 Å². The molecule has 164 valence electrons. The second kappa shape index (κ2) is 8.01. The van der Waals surface area contributed by atoms with E-state index in [1.165, 1.54) is 25.1 Å². The quantitative estimate of drug-likeness (QED) is 0.641. The zero-order valence-corrected chi connectivity index (χ0v) is 17.1. The summed E-state index contributed by atoms with van der Waals surface area (Å²) >= 11 is 6.37. The molecular weight excluding hydrogens is 435 g/mol. The highest BCUT2D eigenvalue weighted by atomic mass is 35.5. The summed E-state index contributed by atoms with van der Waals surface area (Å²) in [4.78, 5) is 25.9. The predicted octanol–water partition coefficient (Wildman–Crippen LogP) is 3.64. The van der Waals surface area contributed by atoms with Crippen molar-refractivity contribution < 1.29 is 22.8 Å². The second-order valence-electron chi connectivity index (χ2n) is 7.56. The summed E-state index contributed by atoms with van der Waals surface area (Å²) in [5, 5.41) is 2.91. The van der Waals surface area contributed by atoms with Crippen LogP contribution in [0, 0.1) is 12.8 Å². The first-order valence-electron chi connectivity index (χ1n) is 9.45. The molecule has 2 aliphatic rings. The molecule has 1 aliphatic heterocycles. The Hall–Kier alpha value is -2.85. The lowest BCUT2D eigenvalue weighted by molar-refractivity contribution is 0.102. The maximum absolute atomic E-state index is 14.4. The van der Waals surface area contributed by atoms with Crippen molar-refractivity contribution in [1.82, 2.24) is 10.5 Å². The number of carbonyl (C=O) groups is 1. The molecule has 1 aromatic carbocycles. The molecule has 4 rings (SSSR count). The minimum atomic E-state index is -2.68. The van der Waals surface area contributed by atoms with Crippen LogP contribution in [-0.4, -0.2) is 29.6 Å². The normalized spacial score (nSPS) is 24.6. The van der Waals surface area contributed by atoms with Crippen LogP contribution < -0.4 is 16.5 Å². The van der Waals surface area contributed by atoms with E-state index >= 15 is 0 Å². The van der Waals surface area contributed by atoms with Gasteiger partial charge in [-0.15, -0.1) is 5.48 Å². The van der Waals surface area contributed by atoms with Crippen LogP contribution in [-0.2, 0) is 10.4 Å². The molecule has 11 heteroatoms. The highest BCUT2D eigenvalue weighted by Gasteiger charge is 2.57. The number of alkyl halides is 3. The van der Waals surface area contributed by atoms with Crippen molar-refractivity contribution in [2.24, 2.45) is 16.6 Å². The van der Waals surface area contributed by atoms with E-state index in [1.54, 1.807) is 6.07 Å². The van der Waals surface area contributed by atoms with E-state index in [0.29, 0.717) is 23.2 Å². The molecule has 31 heavy (non-hydrogen) atoms. The molecular formula is C20H19ClF3N5O2. The third-order valence-electron chi connectivity index (χ3n) is 5.49. The van der Waals surface area contributed by atoms with Crippen LogP contribution in [0.3, 0.4) is 0 Å². The van der Waals surface area contributed by atoms with Crippen LogP contribution >= 0.6 is 11.6 Å². The highest BCUT2D eigenvalue weighted by Crippen LogP contribution is 2.52. The topological polar surface area (TPSA) is 102 Å². The van der Waals surface area contributed by atoms with Crippen LogP contribution in [0.25, 0.3) is 0 Å². The van der Waals surface area contributed by atoms with Gasteiger partial charge >= 0.3 is 6.02 Å². The molecule has 1 amide bonds. The number of nitrogens with two attached hydrogens (primary N) is 1. The number of aliphatic imine (C=N–C) groups is 1. The summed E-state index contributed by atoms with van der Waals surface area (Å²) in [5.41, 5.74) is 7.81. The van der Waals surface area contributed by atoms with Crippen molar-refractivity contribution >= 4 is 29.2 Å². The molecule has 0 bridgehead atoms. The highest BCUT2D eigenvalue weighted by molar-refractivity contribution is 6.31. The first kappa shape index (κ1) is 21.4. The number of benzene rings is 1. The monoisotopic (exact) mass is 453 g/mol. The molecule has 7 nitrogen and oxygen atoms in total. The number of pyridine rings is 1. The lowest BCUT2D eigenvalue weighted by atomic mass is 9.86. The summed E-state index contributed by atoms with van der Waals surface area (Å²) in [7, 11) is 0. The van der Waals surface area contributed by atoms with Gasteiger partial charge in [-0.25, -0.2) is 18.2 Å². The minimum Gasteiger partial charge on any atom is -0.371 e. The molecule has 0 radical (unpaired) electrons. The van der Waals surface area contributed by atoms with E-state index < -0.39 is 24.5 Å². The predicted molar refractivity (Wildman–Crippen MR) is 109 cm³/mol. The number of halogens is 4. The van der Waals surface area contributed by atoms with Crippen molar-refractivity contribution in [2.45, 2.75) is 31.4 Å². The first-order chi connectivity index (χ1) is 14.7. The zero-order chi connectivity index (χ0) is 22.3. The third-order valence-corrected chi connectivity index (χ3v) is 5.82. The Kier molecular flexibility index (Phi) is 5.52. The van der Waals surface area contributed by atoms with Gasteiger partial charge in [0, 0.05) is 40.0 Å². The number of amides is 1. The molecule has 3 atom stereocenters. The number of fused-ring (bicyclic) bond motifs is 1. The number of hydrogen-bond donors (Lipinski definition) is 3. The fourth-order valence-electron chi connectivity index (χ4n) is 3.83. The number of aryl methyl sites for hydroxylation is 1. The fraction of sp³-hybridized carbons (Fsp3) is 0.350. The van der Waals surface area contributed by atoms with Gasteiger partial charge < -0.3 is 15.9 Å². The summed E-state index contributed by atoms with van der Waals surface area (Å²) in [6.07, 6.45) is -1.11. The van der Waals surface area contributed by atoms with Gasteiger partial charge in [-0.3, -0.25) is 9.78 Å². The Bertz CT molecular complexity index is 1070. The summed E-state index contributed by atoms with van der Waals surface area (Å²) in [6, 6.07) is 5.46. The molecule has 0 unspecified atom stereocenters. The average Bonchev–Trinajstić information content (AvgIpc) is 3.52. The lowest BCUT2D eigenvalue weighted by Gasteiger charge is -2.28. The van der Waals surface area contributed by atoms with Crippen molar-refractivity contribution in [1.29, 1.82) is 0 Å². The Morgan fingerprint density at radius 2 is 2.23 bits per heavy atom. The molecule has 0 saturated heterocycles. The lowest BCUT2D eigenvalue weighted by Crippen LogP contribution is -2.33. The molecule has 1 aromatic heterocycles. The molecule has 1 aliphatic carbocycles. The van der Waals surface area contributed by atoms with E-state index in [-0.39, 0.29) is 34.3 Å². The van der Waals surface area contributed by atoms with E-state index in [1.807, 2.05) is 0 Å². The molecule has 0 spiro atoms. The van der Waals surface area contributed by atoms with Crippen LogP contribution in [0.1, 0.15) is 40.0 Å². The van der Waals surface area contributed by atoms with Crippen molar-refractivity contribution in [3.8, 4) is 0 Å². The number of amidine groups is 1. The Labute approximate surface area is 180 Å². The Balaban J connectivity index is 1.66. The number of nitrogens with one attached hydrogen (secondary N) is 2. The van der Waals surface area contributed by atoms with E-state index in [4.69, 9.17) is 22.2 Å². The summed E-state index contributed by atoms with van der Waals surface area (Å²) in [6.45, 7) is 0.648. The van der Waals surface area contributed by atoms with Crippen molar-refractivity contribution in [2.75, 3.05) is 12.0 Å². The van der Waals surface area contributed by atoms with Gasteiger partial charge in [0.25, 0.3) is 12.3 Å². The Morgan fingerprint density at radius 3 is 2.90 bits per heavy atom. The number of aromatic nitrogens is 1. The third kappa shape index (κ3) is 3.92. The zero-order valence-electron chi connectivity index (χ0n) is 16.3. The summed E-state index contributed by atoms with van der Waals surface area (Å²) < 4.78 is 40.0. The fourth-order valence-corrected chi connectivity index (χ4v) is 4.11. The molecule has 1 fully saturated rings. The SMILES string of the molecule is Cc1cc(C(F)F)cnc1C(=O)Nc1ccc(Cl)c([C@@]2(CF)N=C(N)ON[C@@H]3C[C@@H]32)c1. The van der Waals surface area contributed by atoms with Crippen molar-refractivity contribution in [3.05, 3.63) is 57.9 Å². The number of anilines is 1. The Morgan fingerprint density at radius 1 is 1.45 bits per heavy atom. The van der Waals surface area contributed by atoms with Crippen LogP contribution in [0.4, 0.5) is 18.9 Å². The van der Waals surface area contributed by atoms with Gasteiger partial charge in [-0.2, -0.15) is 0 Å². The maximum atomic E-state index is 14.4. The minimum absolute atomic E-state index is 0.00214. The van der Waals surface area contributed by atoms with Gasteiger partial charge in [-0.1, -0.05) is 11.6 Å². The van der Waals surface area contributed by atoms with Crippen LogP contribution in [0.15, 0.2) is 35.5 Å². The van der Waals surface area contributed by atoms with E-state index in [2.05, 4.69) is 20.8 Å². The largest absolute Gasteiger partial charge is 0.371 e. The number of rotatable bonds is 5. The number of hydroxylamine groups is 1. The molecule has 2 aromatic rings. The van der Waals surface area contributed by atoms with Gasteiger partial charge in [-0.05, 0) is 43.2 Å². The number of carbonyl (C=O) groups excluding carboxylic acids is 1. The van der Waals surface area contributed by atoms with Gasteiger partial charge in [0.15, 0.2) is 0 Å². The maximum Gasteiger partial charge on any atom is 0.303 e. The number of hydrogen-bond acceptors (Lipinski definition) is 6.